The van der Waals surface area contributed by atoms with Gasteiger partial charge in [-0.05, 0) is 19.9 Å². The lowest BCUT2D eigenvalue weighted by Crippen LogP contribution is -2.80. The number of hydrogen-bond donors (Lipinski definition) is 1. The summed E-state index contributed by atoms with van der Waals surface area (Å²) in [6, 6.07) is 0. The van der Waals surface area contributed by atoms with E-state index in [0.29, 0.717) is 12.0 Å². The van der Waals surface area contributed by atoms with Crippen LogP contribution in [-0.4, -0.2) is 46.5 Å². The molecular weight excluding hydrogens is 264 g/mol. The third-order valence-electron chi connectivity index (χ3n) is 5.64. The topological polar surface area (TPSA) is 56.3 Å². The van der Waals surface area contributed by atoms with Crippen LogP contribution in [0, 0.1) is 11.3 Å². The molecule has 2 aliphatic rings. The van der Waals surface area contributed by atoms with E-state index in [0.717, 1.165) is 26.1 Å². The molecule has 1 aliphatic carbocycles. The Morgan fingerprint density at radius 2 is 2.29 bits per heavy atom. The number of ether oxygens (including phenoxy) is 1. The van der Waals surface area contributed by atoms with Crippen LogP contribution in [-0.2, 0) is 18.3 Å². The van der Waals surface area contributed by atoms with Gasteiger partial charge in [0.15, 0.2) is 0 Å². The standard InChI is InChI=1S/C16H28N4O/c1-15(2)14-13(6-5-7-21-14)16(15,17)11-19(3)9-12-8-18-20(4)10-12/h8,10,13-14H,5-7,9,11,17H2,1-4H3. The zero-order valence-corrected chi connectivity index (χ0v) is 13.7. The monoisotopic (exact) mass is 292 g/mol. The summed E-state index contributed by atoms with van der Waals surface area (Å²) < 4.78 is 7.83. The largest absolute Gasteiger partial charge is 0.377 e. The van der Waals surface area contributed by atoms with Gasteiger partial charge in [-0.25, -0.2) is 0 Å². The van der Waals surface area contributed by atoms with Crippen LogP contribution >= 0.6 is 0 Å². The number of likely N-dealkylation sites (N-methyl/N-ethyl adjacent to an activating group) is 1. The van der Waals surface area contributed by atoms with Crippen molar-refractivity contribution in [2.24, 2.45) is 24.1 Å². The van der Waals surface area contributed by atoms with Gasteiger partial charge in [0.1, 0.15) is 0 Å². The Morgan fingerprint density at radius 3 is 2.95 bits per heavy atom. The number of aryl methyl sites for hydroxylation is 1. The van der Waals surface area contributed by atoms with Gasteiger partial charge in [0.05, 0.1) is 12.3 Å². The summed E-state index contributed by atoms with van der Waals surface area (Å²) in [4.78, 5) is 2.32. The van der Waals surface area contributed by atoms with E-state index in [1.165, 1.54) is 12.0 Å². The normalized spacial score (nSPS) is 34.6. The highest BCUT2D eigenvalue weighted by molar-refractivity contribution is 5.21. The lowest BCUT2D eigenvalue weighted by atomic mass is 9.46. The Hall–Kier alpha value is -0.910. The van der Waals surface area contributed by atoms with Gasteiger partial charge in [-0.1, -0.05) is 13.8 Å². The lowest BCUT2D eigenvalue weighted by Gasteiger charge is -2.67. The maximum absolute atomic E-state index is 6.85. The van der Waals surface area contributed by atoms with E-state index >= 15 is 0 Å². The number of hydrogen-bond acceptors (Lipinski definition) is 4. The van der Waals surface area contributed by atoms with Gasteiger partial charge in [-0.15, -0.1) is 0 Å². The maximum Gasteiger partial charge on any atom is 0.0690 e. The zero-order valence-electron chi connectivity index (χ0n) is 13.7. The van der Waals surface area contributed by atoms with Crippen molar-refractivity contribution in [3.63, 3.8) is 0 Å². The van der Waals surface area contributed by atoms with E-state index < -0.39 is 0 Å². The van der Waals surface area contributed by atoms with Gasteiger partial charge in [-0.3, -0.25) is 4.68 Å². The Labute approximate surface area is 127 Å². The smallest absolute Gasteiger partial charge is 0.0690 e. The number of rotatable bonds is 4. The molecule has 0 bridgehead atoms. The molecule has 0 radical (unpaired) electrons. The van der Waals surface area contributed by atoms with Gasteiger partial charge < -0.3 is 15.4 Å². The van der Waals surface area contributed by atoms with Crippen molar-refractivity contribution in [2.75, 3.05) is 20.2 Å². The van der Waals surface area contributed by atoms with Gasteiger partial charge in [0.25, 0.3) is 0 Å². The predicted octanol–water partition coefficient (Wildman–Crippen LogP) is 1.38. The third kappa shape index (κ3) is 2.31. The van der Waals surface area contributed by atoms with Gasteiger partial charge in [-0.2, -0.15) is 5.10 Å². The first-order chi connectivity index (χ1) is 9.84. The molecule has 0 spiro atoms. The molecule has 0 aromatic carbocycles. The second-order valence-corrected chi connectivity index (χ2v) is 7.50. The molecule has 5 nitrogen and oxygen atoms in total. The molecule has 2 N–H and O–H groups in total. The molecule has 2 heterocycles. The summed E-state index contributed by atoms with van der Waals surface area (Å²) >= 11 is 0. The fraction of sp³-hybridized carbons (Fsp3) is 0.812. The molecule has 21 heavy (non-hydrogen) atoms. The number of aromatic nitrogens is 2. The minimum atomic E-state index is -0.158. The number of nitrogens with two attached hydrogens (primary N) is 1. The summed E-state index contributed by atoms with van der Waals surface area (Å²) in [5, 5.41) is 4.23. The molecule has 118 valence electrons. The van der Waals surface area contributed by atoms with E-state index in [9.17, 15) is 0 Å². The molecule has 1 saturated heterocycles. The molecule has 3 unspecified atom stereocenters. The molecule has 0 amide bonds. The third-order valence-corrected chi connectivity index (χ3v) is 5.64. The first-order valence-corrected chi connectivity index (χ1v) is 7.91. The summed E-state index contributed by atoms with van der Waals surface area (Å²) in [6.07, 6.45) is 6.67. The van der Waals surface area contributed by atoms with Crippen molar-refractivity contribution < 1.29 is 4.74 Å². The van der Waals surface area contributed by atoms with Crippen molar-refractivity contribution in [3.8, 4) is 0 Å². The Balaban J connectivity index is 1.68. The zero-order chi connectivity index (χ0) is 15.3. The fourth-order valence-electron chi connectivity index (χ4n) is 4.36. The summed E-state index contributed by atoms with van der Waals surface area (Å²) in [7, 11) is 4.10. The summed E-state index contributed by atoms with van der Waals surface area (Å²) in [5.41, 5.74) is 7.97. The van der Waals surface area contributed by atoms with Crippen molar-refractivity contribution in [1.29, 1.82) is 0 Å². The first kappa shape index (κ1) is 15.0. The van der Waals surface area contributed by atoms with E-state index in [2.05, 4.69) is 37.1 Å². The molecule has 1 aliphatic heterocycles. The first-order valence-electron chi connectivity index (χ1n) is 7.91. The second-order valence-electron chi connectivity index (χ2n) is 7.50. The van der Waals surface area contributed by atoms with Crippen molar-refractivity contribution >= 4 is 0 Å². The maximum atomic E-state index is 6.85. The Bertz CT molecular complexity index is 512. The average molecular weight is 292 g/mol. The second kappa shape index (κ2) is 5.07. The number of fused-ring (bicyclic) bond motifs is 1. The average Bonchev–Trinajstić information content (AvgIpc) is 2.83. The molecular formula is C16H28N4O. The van der Waals surface area contributed by atoms with Crippen molar-refractivity contribution in [3.05, 3.63) is 18.0 Å². The SMILES string of the molecule is CN(Cc1cnn(C)c1)CC1(N)C2CCCOC2C1(C)C. The minimum absolute atomic E-state index is 0.0429. The summed E-state index contributed by atoms with van der Waals surface area (Å²) in [5.74, 6) is 0.498. The van der Waals surface area contributed by atoms with E-state index in [-0.39, 0.29) is 11.0 Å². The molecule has 2 fully saturated rings. The van der Waals surface area contributed by atoms with E-state index in [1.54, 1.807) is 0 Å². The quantitative estimate of drug-likeness (QED) is 0.911. The van der Waals surface area contributed by atoms with Crippen LogP contribution in [0.5, 0.6) is 0 Å². The van der Waals surface area contributed by atoms with Gasteiger partial charge in [0, 0.05) is 55.4 Å². The van der Waals surface area contributed by atoms with Crippen LogP contribution in [0.1, 0.15) is 32.3 Å². The molecule has 1 aromatic heterocycles. The molecule has 1 aromatic rings. The Kier molecular flexibility index (Phi) is 3.62. The van der Waals surface area contributed by atoms with Crippen LogP contribution in [0.4, 0.5) is 0 Å². The van der Waals surface area contributed by atoms with Crippen LogP contribution < -0.4 is 5.73 Å². The van der Waals surface area contributed by atoms with Crippen molar-refractivity contribution in [1.82, 2.24) is 14.7 Å². The lowest BCUT2D eigenvalue weighted by molar-refractivity contribution is -0.231. The number of nitrogens with zero attached hydrogens (tertiary/aromatic N) is 3. The van der Waals surface area contributed by atoms with Crippen LogP contribution in [0.3, 0.4) is 0 Å². The molecule has 5 heteroatoms. The molecule has 1 saturated carbocycles. The molecule has 3 rings (SSSR count). The van der Waals surface area contributed by atoms with E-state index in [1.807, 2.05) is 17.9 Å². The summed E-state index contributed by atoms with van der Waals surface area (Å²) in [6.45, 7) is 7.21. The Morgan fingerprint density at radius 1 is 1.52 bits per heavy atom. The van der Waals surface area contributed by atoms with Gasteiger partial charge in [0.2, 0.25) is 0 Å². The van der Waals surface area contributed by atoms with Gasteiger partial charge >= 0.3 is 0 Å². The van der Waals surface area contributed by atoms with E-state index in [4.69, 9.17) is 10.5 Å². The predicted molar refractivity (Wildman–Crippen MR) is 82.7 cm³/mol. The highest BCUT2D eigenvalue weighted by Crippen LogP contribution is 2.57. The molecule has 3 atom stereocenters. The fourth-order valence-corrected chi connectivity index (χ4v) is 4.36. The minimum Gasteiger partial charge on any atom is -0.377 e. The highest BCUT2D eigenvalue weighted by Gasteiger charge is 2.66. The van der Waals surface area contributed by atoms with Crippen molar-refractivity contribution in [2.45, 2.75) is 44.9 Å². The van der Waals surface area contributed by atoms with Crippen LogP contribution in [0.15, 0.2) is 12.4 Å². The van der Waals surface area contributed by atoms with Crippen LogP contribution in [0.2, 0.25) is 0 Å². The van der Waals surface area contributed by atoms with Crippen LogP contribution in [0.25, 0.3) is 0 Å². The highest BCUT2D eigenvalue weighted by atomic mass is 16.5.